The Morgan fingerprint density at radius 1 is 1.24 bits per heavy atom. The van der Waals surface area contributed by atoms with Gasteiger partial charge in [0.15, 0.2) is 0 Å². The van der Waals surface area contributed by atoms with Gasteiger partial charge in [0.2, 0.25) is 0 Å². The normalized spacial score (nSPS) is 26.8. The second-order valence-electron chi connectivity index (χ2n) is 6.48. The Morgan fingerprint density at radius 2 is 1.95 bits per heavy atom. The Kier molecular flexibility index (Phi) is 5.88. The van der Waals surface area contributed by atoms with E-state index in [1.54, 1.807) is 0 Å². The van der Waals surface area contributed by atoms with Gasteiger partial charge in [-0.25, -0.2) is 4.79 Å². The van der Waals surface area contributed by atoms with Crippen LogP contribution in [0.1, 0.15) is 64.7 Å². The molecule has 3 unspecified atom stereocenters. The fraction of sp³-hybridized carbons (Fsp3) is 0.875. The van der Waals surface area contributed by atoms with Crippen LogP contribution in [0.25, 0.3) is 0 Å². The number of carboxylic acid groups (broad SMARTS) is 1. The third-order valence-electron chi connectivity index (χ3n) is 4.89. The van der Waals surface area contributed by atoms with Gasteiger partial charge in [0.1, 0.15) is 0 Å². The van der Waals surface area contributed by atoms with Gasteiger partial charge in [0, 0.05) is 18.6 Å². The minimum absolute atomic E-state index is 0.0154. The number of carbonyl (C=O) groups is 2. The van der Waals surface area contributed by atoms with Gasteiger partial charge in [0.25, 0.3) is 0 Å². The highest BCUT2D eigenvalue weighted by atomic mass is 16.4. The lowest BCUT2D eigenvalue weighted by Gasteiger charge is -2.44. The third-order valence-corrected chi connectivity index (χ3v) is 4.89. The predicted molar refractivity (Wildman–Crippen MR) is 81.2 cm³/mol. The minimum Gasteiger partial charge on any atom is -0.481 e. The molecule has 2 fully saturated rings. The molecule has 2 rings (SSSR count). The Labute approximate surface area is 127 Å². The van der Waals surface area contributed by atoms with Crippen molar-refractivity contribution in [2.75, 3.05) is 6.54 Å². The van der Waals surface area contributed by atoms with Crippen LogP contribution in [0.15, 0.2) is 0 Å². The van der Waals surface area contributed by atoms with Gasteiger partial charge >= 0.3 is 12.0 Å². The summed E-state index contributed by atoms with van der Waals surface area (Å²) >= 11 is 0. The van der Waals surface area contributed by atoms with Crippen molar-refractivity contribution in [2.45, 2.75) is 76.8 Å². The molecule has 0 aromatic carbocycles. The lowest BCUT2D eigenvalue weighted by Crippen LogP contribution is -2.55. The van der Waals surface area contributed by atoms with E-state index in [1.807, 2.05) is 11.8 Å². The standard InChI is InChI=1S/C16H28N2O3/c1-2-6-13(11-15(19)20)17-16(21)18-10-5-8-12-7-3-4-9-14(12)18/h12-14H,2-11H2,1H3,(H,17,21)(H,19,20). The number of amides is 2. The fourth-order valence-electron chi connectivity index (χ4n) is 3.92. The number of carbonyl (C=O) groups excluding carboxylic acids is 1. The number of likely N-dealkylation sites (tertiary alicyclic amines) is 1. The van der Waals surface area contributed by atoms with E-state index in [9.17, 15) is 9.59 Å². The Balaban J connectivity index is 1.95. The molecule has 0 aromatic heterocycles. The monoisotopic (exact) mass is 296 g/mol. The average Bonchev–Trinajstić information content (AvgIpc) is 2.46. The highest BCUT2D eigenvalue weighted by Gasteiger charge is 2.36. The molecule has 1 saturated heterocycles. The van der Waals surface area contributed by atoms with E-state index in [2.05, 4.69) is 5.32 Å². The topological polar surface area (TPSA) is 69.6 Å². The summed E-state index contributed by atoms with van der Waals surface area (Å²) in [6.07, 6.45) is 8.77. The molecule has 2 aliphatic rings. The molecular weight excluding hydrogens is 268 g/mol. The van der Waals surface area contributed by atoms with E-state index in [0.717, 1.165) is 32.2 Å². The average molecular weight is 296 g/mol. The number of rotatable bonds is 5. The highest BCUT2D eigenvalue weighted by molar-refractivity contribution is 5.76. The van der Waals surface area contributed by atoms with Crippen molar-refractivity contribution in [3.63, 3.8) is 0 Å². The Bertz CT molecular complexity index is 371. The molecule has 2 amide bonds. The van der Waals surface area contributed by atoms with Crippen molar-refractivity contribution in [1.29, 1.82) is 0 Å². The molecule has 0 bridgehead atoms. The summed E-state index contributed by atoms with van der Waals surface area (Å²) in [5.74, 6) is -0.190. The summed E-state index contributed by atoms with van der Waals surface area (Å²) in [5.41, 5.74) is 0. The molecular formula is C16H28N2O3. The van der Waals surface area contributed by atoms with Gasteiger partial charge in [-0.3, -0.25) is 4.79 Å². The first-order valence-corrected chi connectivity index (χ1v) is 8.40. The molecule has 0 radical (unpaired) electrons. The van der Waals surface area contributed by atoms with E-state index in [0.29, 0.717) is 12.0 Å². The summed E-state index contributed by atoms with van der Waals surface area (Å²) < 4.78 is 0. The number of aliphatic carboxylic acids is 1. The number of hydrogen-bond acceptors (Lipinski definition) is 2. The molecule has 0 spiro atoms. The molecule has 5 nitrogen and oxygen atoms in total. The number of piperidine rings is 1. The number of hydrogen-bond donors (Lipinski definition) is 2. The second kappa shape index (κ2) is 7.66. The van der Waals surface area contributed by atoms with Crippen LogP contribution < -0.4 is 5.32 Å². The molecule has 21 heavy (non-hydrogen) atoms. The molecule has 0 aromatic rings. The lowest BCUT2D eigenvalue weighted by atomic mass is 9.78. The molecule has 1 heterocycles. The predicted octanol–water partition coefficient (Wildman–Crippen LogP) is 2.99. The van der Waals surface area contributed by atoms with Crippen LogP contribution >= 0.6 is 0 Å². The van der Waals surface area contributed by atoms with Crippen LogP contribution in [-0.2, 0) is 4.79 Å². The lowest BCUT2D eigenvalue weighted by molar-refractivity contribution is -0.137. The smallest absolute Gasteiger partial charge is 0.317 e. The van der Waals surface area contributed by atoms with Crippen molar-refractivity contribution < 1.29 is 14.7 Å². The van der Waals surface area contributed by atoms with Crippen LogP contribution in [-0.4, -0.2) is 40.6 Å². The van der Waals surface area contributed by atoms with E-state index < -0.39 is 5.97 Å². The number of carboxylic acids is 1. The quantitative estimate of drug-likeness (QED) is 0.819. The number of fused-ring (bicyclic) bond motifs is 1. The van der Waals surface area contributed by atoms with Crippen LogP contribution in [0.2, 0.25) is 0 Å². The maximum Gasteiger partial charge on any atom is 0.317 e. The van der Waals surface area contributed by atoms with Crippen LogP contribution in [0.3, 0.4) is 0 Å². The van der Waals surface area contributed by atoms with E-state index in [1.165, 1.54) is 25.7 Å². The maximum atomic E-state index is 12.5. The summed E-state index contributed by atoms with van der Waals surface area (Å²) in [5, 5.41) is 11.9. The zero-order valence-electron chi connectivity index (χ0n) is 13.0. The van der Waals surface area contributed by atoms with Gasteiger partial charge in [0.05, 0.1) is 6.42 Å². The summed E-state index contributed by atoms with van der Waals surface area (Å²) in [6.45, 7) is 2.83. The molecule has 2 N–H and O–H groups in total. The summed E-state index contributed by atoms with van der Waals surface area (Å²) in [6, 6.07) is 0.0786. The summed E-state index contributed by atoms with van der Waals surface area (Å²) in [4.78, 5) is 25.4. The number of nitrogens with one attached hydrogen (secondary N) is 1. The SMILES string of the molecule is CCCC(CC(=O)O)NC(=O)N1CCCC2CCCCC21. The van der Waals surface area contributed by atoms with Crippen LogP contribution in [0.4, 0.5) is 4.79 Å². The van der Waals surface area contributed by atoms with Gasteiger partial charge in [-0.2, -0.15) is 0 Å². The van der Waals surface area contributed by atoms with Crippen LogP contribution in [0.5, 0.6) is 0 Å². The van der Waals surface area contributed by atoms with Crippen molar-refractivity contribution in [2.24, 2.45) is 5.92 Å². The zero-order chi connectivity index (χ0) is 15.2. The number of nitrogens with zero attached hydrogens (tertiary/aromatic N) is 1. The van der Waals surface area contributed by atoms with Crippen molar-refractivity contribution >= 4 is 12.0 Å². The van der Waals surface area contributed by atoms with Crippen molar-refractivity contribution in [3.8, 4) is 0 Å². The molecule has 5 heteroatoms. The van der Waals surface area contributed by atoms with Crippen molar-refractivity contribution in [3.05, 3.63) is 0 Å². The minimum atomic E-state index is -0.845. The molecule has 3 atom stereocenters. The summed E-state index contributed by atoms with van der Waals surface area (Å²) in [7, 11) is 0. The van der Waals surface area contributed by atoms with Crippen molar-refractivity contribution in [1.82, 2.24) is 10.2 Å². The maximum absolute atomic E-state index is 12.5. The molecule has 120 valence electrons. The Morgan fingerprint density at radius 3 is 2.67 bits per heavy atom. The highest BCUT2D eigenvalue weighted by Crippen LogP contribution is 2.35. The molecule has 1 aliphatic carbocycles. The van der Waals surface area contributed by atoms with Gasteiger partial charge in [-0.15, -0.1) is 0 Å². The Hall–Kier alpha value is -1.26. The van der Waals surface area contributed by atoms with Gasteiger partial charge in [-0.1, -0.05) is 26.2 Å². The second-order valence-corrected chi connectivity index (χ2v) is 6.48. The first-order chi connectivity index (χ1) is 10.1. The largest absolute Gasteiger partial charge is 0.481 e. The zero-order valence-corrected chi connectivity index (χ0v) is 13.0. The first kappa shape index (κ1) is 16.1. The van der Waals surface area contributed by atoms with Gasteiger partial charge < -0.3 is 15.3 Å². The van der Waals surface area contributed by atoms with E-state index in [4.69, 9.17) is 5.11 Å². The fourth-order valence-corrected chi connectivity index (χ4v) is 3.92. The molecule has 1 aliphatic heterocycles. The molecule has 1 saturated carbocycles. The van der Waals surface area contributed by atoms with E-state index in [-0.39, 0.29) is 18.5 Å². The number of urea groups is 1. The van der Waals surface area contributed by atoms with Gasteiger partial charge in [-0.05, 0) is 38.0 Å². The third kappa shape index (κ3) is 4.35. The van der Waals surface area contributed by atoms with E-state index >= 15 is 0 Å². The first-order valence-electron chi connectivity index (χ1n) is 8.40. The van der Waals surface area contributed by atoms with Crippen LogP contribution in [0, 0.1) is 5.92 Å².